The van der Waals surface area contributed by atoms with Crippen LogP contribution in [0.15, 0.2) is 6.07 Å². The number of pyridine rings is 1. The fourth-order valence-corrected chi connectivity index (χ4v) is 0.991. The molecule has 0 unspecified atom stereocenters. The highest BCUT2D eigenvalue weighted by Gasteiger charge is 2.17. The summed E-state index contributed by atoms with van der Waals surface area (Å²) in [5.41, 5.74) is 3.76. The van der Waals surface area contributed by atoms with Crippen molar-refractivity contribution in [2.45, 2.75) is 13.0 Å². The molecule has 1 heterocycles. The van der Waals surface area contributed by atoms with Crippen LogP contribution in [0.1, 0.15) is 28.2 Å². The average Bonchev–Trinajstić information content (AvgIpc) is 2.16. The molecular formula is C8H7F3N2O. The predicted octanol–water partition coefficient (Wildman–Crippen LogP) is 1.43. The maximum Gasteiger partial charge on any atom is 0.280 e. The molecule has 0 spiro atoms. The van der Waals surface area contributed by atoms with E-state index in [0.29, 0.717) is 0 Å². The lowest BCUT2D eigenvalue weighted by Gasteiger charge is -2.06. The Morgan fingerprint density at radius 3 is 2.64 bits per heavy atom. The first-order chi connectivity index (χ1) is 6.60. The highest BCUT2D eigenvalue weighted by molar-refractivity contribution is 5.72. The minimum absolute atomic E-state index is 0.0848. The molecule has 0 bridgehead atoms. The van der Waals surface area contributed by atoms with Crippen molar-refractivity contribution in [3.05, 3.63) is 28.8 Å². The van der Waals surface area contributed by atoms with E-state index in [9.17, 15) is 18.0 Å². The van der Waals surface area contributed by atoms with Gasteiger partial charge < -0.3 is 5.73 Å². The monoisotopic (exact) mass is 204 g/mol. The Morgan fingerprint density at radius 1 is 1.57 bits per heavy atom. The van der Waals surface area contributed by atoms with Crippen LogP contribution < -0.4 is 5.73 Å². The van der Waals surface area contributed by atoms with E-state index in [1.54, 1.807) is 0 Å². The summed E-state index contributed by atoms with van der Waals surface area (Å²) in [5, 5.41) is 0. The Hall–Kier alpha value is -1.43. The first kappa shape index (κ1) is 10.6. The molecule has 6 heteroatoms. The molecule has 14 heavy (non-hydrogen) atoms. The lowest BCUT2D eigenvalue weighted by atomic mass is 10.1. The van der Waals surface area contributed by atoms with Crippen LogP contribution in [0.2, 0.25) is 0 Å². The van der Waals surface area contributed by atoms with E-state index in [1.165, 1.54) is 0 Å². The van der Waals surface area contributed by atoms with Crippen LogP contribution in [-0.4, -0.2) is 11.3 Å². The van der Waals surface area contributed by atoms with Crippen LogP contribution >= 0.6 is 0 Å². The summed E-state index contributed by atoms with van der Waals surface area (Å²) in [5.74, 6) is -0.940. The third kappa shape index (κ3) is 1.90. The first-order valence-corrected chi connectivity index (χ1v) is 3.72. The molecule has 1 rings (SSSR count). The van der Waals surface area contributed by atoms with Gasteiger partial charge in [0, 0.05) is 6.54 Å². The molecule has 1 aromatic rings. The molecule has 0 aliphatic carbocycles. The Labute approximate surface area is 77.7 Å². The standard InChI is InChI=1S/C8H7F3N2O/c9-5-1-4(2-12)7(8(10)11)13-6(5)3-14/h1,3,8H,2,12H2. The molecule has 0 aromatic carbocycles. The summed E-state index contributed by atoms with van der Waals surface area (Å²) in [7, 11) is 0. The second-order valence-electron chi connectivity index (χ2n) is 2.52. The lowest BCUT2D eigenvalue weighted by Crippen LogP contribution is -2.08. The lowest BCUT2D eigenvalue weighted by molar-refractivity contribution is 0.111. The highest BCUT2D eigenvalue weighted by Crippen LogP contribution is 2.22. The molecule has 0 saturated heterocycles. The number of hydrogen-bond acceptors (Lipinski definition) is 3. The van der Waals surface area contributed by atoms with E-state index < -0.39 is 23.6 Å². The molecule has 76 valence electrons. The van der Waals surface area contributed by atoms with E-state index in [4.69, 9.17) is 5.73 Å². The minimum atomic E-state index is -2.87. The largest absolute Gasteiger partial charge is 0.326 e. The molecule has 1 aromatic heterocycles. The zero-order valence-corrected chi connectivity index (χ0v) is 7.01. The maximum atomic E-state index is 12.9. The Kier molecular flexibility index (Phi) is 3.19. The van der Waals surface area contributed by atoms with Crippen molar-refractivity contribution >= 4 is 6.29 Å². The van der Waals surface area contributed by atoms with Crippen LogP contribution in [0.25, 0.3) is 0 Å². The smallest absolute Gasteiger partial charge is 0.280 e. The summed E-state index contributed by atoms with van der Waals surface area (Å²) >= 11 is 0. The molecule has 0 amide bonds. The molecule has 0 radical (unpaired) electrons. The molecular weight excluding hydrogens is 197 g/mol. The van der Waals surface area contributed by atoms with Gasteiger partial charge in [0.2, 0.25) is 0 Å². The van der Waals surface area contributed by atoms with E-state index in [0.717, 1.165) is 6.07 Å². The van der Waals surface area contributed by atoms with Gasteiger partial charge in [-0.1, -0.05) is 0 Å². The van der Waals surface area contributed by atoms with Crippen molar-refractivity contribution in [3.8, 4) is 0 Å². The van der Waals surface area contributed by atoms with Crippen LogP contribution in [0.4, 0.5) is 13.2 Å². The van der Waals surface area contributed by atoms with Crippen molar-refractivity contribution in [1.82, 2.24) is 4.98 Å². The molecule has 0 fully saturated rings. The number of aldehydes is 1. The van der Waals surface area contributed by atoms with Gasteiger partial charge >= 0.3 is 0 Å². The molecule has 0 aliphatic heterocycles. The fraction of sp³-hybridized carbons (Fsp3) is 0.250. The summed E-state index contributed by atoms with van der Waals surface area (Å²) in [4.78, 5) is 13.4. The second-order valence-corrected chi connectivity index (χ2v) is 2.52. The first-order valence-electron chi connectivity index (χ1n) is 3.72. The SMILES string of the molecule is NCc1cc(F)c(C=O)nc1C(F)F. The fourth-order valence-electron chi connectivity index (χ4n) is 0.991. The van der Waals surface area contributed by atoms with Gasteiger partial charge in [0.15, 0.2) is 12.1 Å². The van der Waals surface area contributed by atoms with Gasteiger partial charge in [-0.25, -0.2) is 18.2 Å². The number of hydrogen-bond donors (Lipinski definition) is 1. The number of halogens is 3. The van der Waals surface area contributed by atoms with Gasteiger partial charge in [-0.3, -0.25) is 4.79 Å². The predicted molar refractivity (Wildman–Crippen MR) is 42.4 cm³/mol. The maximum absolute atomic E-state index is 12.9. The number of alkyl halides is 2. The topological polar surface area (TPSA) is 56.0 Å². The highest BCUT2D eigenvalue weighted by atomic mass is 19.3. The average molecular weight is 204 g/mol. The second kappa shape index (κ2) is 4.19. The molecule has 0 saturated carbocycles. The van der Waals surface area contributed by atoms with Gasteiger partial charge in [0.1, 0.15) is 11.4 Å². The van der Waals surface area contributed by atoms with E-state index in [2.05, 4.69) is 4.98 Å². The van der Waals surface area contributed by atoms with Crippen molar-refractivity contribution in [2.75, 3.05) is 0 Å². The van der Waals surface area contributed by atoms with Crippen LogP contribution in [0, 0.1) is 5.82 Å². The summed E-state index contributed by atoms with van der Waals surface area (Å²) in [6.07, 6.45) is -2.78. The van der Waals surface area contributed by atoms with E-state index in [-0.39, 0.29) is 18.4 Å². The molecule has 3 nitrogen and oxygen atoms in total. The van der Waals surface area contributed by atoms with Gasteiger partial charge in [0.05, 0.1) is 0 Å². The summed E-state index contributed by atoms with van der Waals surface area (Å²) in [6.45, 7) is -0.247. The zero-order valence-electron chi connectivity index (χ0n) is 7.01. The Balaban J connectivity index is 3.32. The summed E-state index contributed by atoms with van der Waals surface area (Å²) in [6, 6.07) is 0.804. The van der Waals surface area contributed by atoms with Crippen LogP contribution in [0.3, 0.4) is 0 Å². The molecule has 0 atom stereocenters. The third-order valence-corrected chi connectivity index (χ3v) is 1.65. The van der Waals surface area contributed by atoms with Crippen molar-refractivity contribution in [2.24, 2.45) is 5.73 Å². The third-order valence-electron chi connectivity index (χ3n) is 1.65. The number of nitrogens with zero attached hydrogens (tertiary/aromatic N) is 1. The Morgan fingerprint density at radius 2 is 2.21 bits per heavy atom. The van der Waals surface area contributed by atoms with Crippen molar-refractivity contribution < 1.29 is 18.0 Å². The van der Waals surface area contributed by atoms with Gasteiger partial charge in [-0.2, -0.15) is 0 Å². The number of carbonyl (C=O) groups excluding carboxylic acids is 1. The van der Waals surface area contributed by atoms with Crippen molar-refractivity contribution in [3.63, 3.8) is 0 Å². The summed E-state index contributed by atoms with van der Waals surface area (Å²) < 4.78 is 37.5. The normalized spacial score (nSPS) is 10.6. The van der Waals surface area contributed by atoms with E-state index in [1.807, 2.05) is 0 Å². The quantitative estimate of drug-likeness (QED) is 0.757. The molecule has 2 N–H and O–H groups in total. The van der Waals surface area contributed by atoms with Crippen molar-refractivity contribution in [1.29, 1.82) is 0 Å². The number of rotatable bonds is 3. The van der Waals surface area contributed by atoms with Gasteiger partial charge in [0.25, 0.3) is 6.43 Å². The zero-order chi connectivity index (χ0) is 10.7. The minimum Gasteiger partial charge on any atom is -0.326 e. The van der Waals surface area contributed by atoms with Gasteiger partial charge in [-0.05, 0) is 11.6 Å². The number of nitrogens with two attached hydrogens (primary N) is 1. The van der Waals surface area contributed by atoms with Gasteiger partial charge in [-0.15, -0.1) is 0 Å². The van der Waals surface area contributed by atoms with Crippen LogP contribution in [-0.2, 0) is 6.54 Å². The molecule has 0 aliphatic rings. The Bertz CT molecular complexity index is 355. The van der Waals surface area contributed by atoms with Crippen LogP contribution in [0.5, 0.6) is 0 Å². The van der Waals surface area contributed by atoms with E-state index >= 15 is 0 Å². The number of carbonyl (C=O) groups is 1. The number of aromatic nitrogens is 1.